The number of amides is 2. The highest BCUT2D eigenvalue weighted by atomic mass is 19.4. The van der Waals surface area contributed by atoms with Gasteiger partial charge in [-0.2, -0.15) is 13.2 Å². The van der Waals surface area contributed by atoms with Gasteiger partial charge in [-0.1, -0.05) is 18.2 Å². The molecule has 0 aliphatic heterocycles. The molecule has 0 bridgehead atoms. The molecular formula is C25H25F5N4O3. The molecule has 2 aromatic carbocycles. The number of pyridine rings is 1. The Morgan fingerprint density at radius 3 is 2.14 bits per heavy atom. The molecule has 0 unspecified atom stereocenters. The number of carbonyl (C=O) groups is 2. The van der Waals surface area contributed by atoms with Gasteiger partial charge in [-0.05, 0) is 62.4 Å². The highest BCUT2D eigenvalue weighted by Crippen LogP contribution is 2.30. The molecule has 1 aromatic heterocycles. The summed E-state index contributed by atoms with van der Waals surface area (Å²) in [5.41, 5.74) is 7.80. The first-order valence-electron chi connectivity index (χ1n) is 11.3. The van der Waals surface area contributed by atoms with Gasteiger partial charge in [-0.25, -0.2) is 23.4 Å². The number of halogens is 5. The molecule has 0 atom stereocenters. The van der Waals surface area contributed by atoms with Crippen molar-refractivity contribution in [1.29, 1.82) is 0 Å². The smallest absolute Gasteiger partial charge is 0.475 e. The minimum atomic E-state index is -5.08. The lowest BCUT2D eigenvalue weighted by Crippen LogP contribution is -2.47. The Hall–Kier alpha value is -3.96. The summed E-state index contributed by atoms with van der Waals surface area (Å²) in [5.74, 6) is -3.39. The van der Waals surface area contributed by atoms with Crippen LogP contribution in [0.3, 0.4) is 0 Å². The molecule has 0 saturated heterocycles. The molecular weight excluding hydrogens is 499 g/mol. The quantitative estimate of drug-likeness (QED) is 0.376. The second-order valence-corrected chi connectivity index (χ2v) is 8.63. The zero-order valence-corrected chi connectivity index (χ0v) is 19.7. The fraction of sp³-hybridized carbons (Fsp3) is 0.320. The monoisotopic (exact) mass is 524 g/mol. The number of carboxylic acid groups (broad SMARTS) is 1. The van der Waals surface area contributed by atoms with Gasteiger partial charge in [0.05, 0.1) is 11.2 Å². The maximum atomic E-state index is 13.6. The van der Waals surface area contributed by atoms with Gasteiger partial charge in [0.25, 0.3) is 0 Å². The van der Waals surface area contributed by atoms with E-state index in [0.29, 0.717) is 12.8 Å². The van der Waals surface area contributed by atoms with Gasteiger partial charge in [0.2, 0.25) is 0 Å². The van der Waals surface area contributed by atoms with Crippen molar-refractivity contribution in [1.82, 2.24) is 4.98 Å². The van der Waals surface area contributed by atoms with Crippen molar-refractivity contribution in [3.8, 4) is 0 Å². The van der Waals surface area contributed by atoms with Crippen LogP contribution in [-0.4, -0.2) is 40.4 Å². The Labute approximate surface area is 209 Å². The van der Waals surface area contributed by atoms with Crippen molar-refractivity contribution < 1.29 is 36.6 Å². The fourth-order valence-electron chi connectivity index (χ4n) is 4.31. The van der Waals surface area contributed by atoms with E-state index in [1.807, 2.05) is 24.3 Å². The van der Waals surface area contributed by atoms with E-state index >= 15 is 0 Å². The topological polar surface area (TPSA) is 109 Å². The normalized spacial score (nSPS) is 17.5. The average Bonchev–Trinajstić information content (AvgIpc) is 2.79. The SMILES string of the molecule is Cc1cc(N[C@H]2CC[C@@H](N(C(N)=O)c3cc(F)cc(F)c3)CC2)nc2ccccc12.O=C(O)C(F)(F)F. The van der Waals surface area contributed by atoms with Gasteiger partial charge < -0.3 is 16.2 Å². The first-order valence-corrected chi connectivity index (χ1v) is 11.3. The molecule has 12 heteroatoms. The van der Waals surface area contributed by atoms with E-state index in [1.54, 1.807) is 0 Å². The molecule has 1 saturated carbocycles. The van der Waals surface area contributed by atoms with Crippen LogP contribution in [-0.2, 0) is 4.79 Å². The number of alkyl halides is 3. The molecule has 3 aromatic rings. The van der Waals surface area contributed by atoms with E-state index in [9.17, 15) is 26.7 Å². The largest absolute Gasteiger partial charge is 0.490 e. The van der Waals surface area contributed by atoms with Crippen LogP contribution in [0, 0.1) is 18.6 Å². The molecule has 4 rings (SSSR count). The summed E-state index contributed by atoms with van der Waals surface area (Å²) in [6.07, 6.45) is -2.16. The number of nitrogens with two attached hydrogens (primary N) is 1. The lowest BCUT2D eigenvalue weighted by atomic mass is 9.90. The predicted octanol–water partition coefficient (Wildman–Crippen LogP) is 5.76. The van der Waals surface area contributed by atoms with Crippen LogP contribution in [0.2, 0.25) is 0 Å². The number of anilines is 2. The number of fused-ring (bicyclic) bond motifs is 1. The summed E-state index contributed by atoms with van der Waals surface area (Å²) in [6.45, 7) is 2.06. The molecule has 4 N–H and O–H groups in total. The zero-order chi connectivity index (χ0) is 27.3. The summed E-state index contributed by atoms with van der Waals surface area (Å²) in [6, 6.07) is 12.4. The van der Waals surface area contributed by atoms with Gasteiger partial charge in [0.15, 0.2) is 0 Å². The van der Waals surface area contributed by atoms with Crippen LogP contribution in [0.15, 0.2) is 48.5 Å². The van der Waals surface area contributed by atoms with Gasteiger partial charge in [-0.15, -0.1) is 0 Å². The molecule has 1 heterocycles. The van der Waals surface area contributed by atoms with Crippen molar-refractivity contribution in [3.05, 3.63) is 65.7 Å². The first kappa shape index (κ1) is 27.6. The summed E-state index contributed by atoms with van der Waals surface area (Å²) >= 11 is 0. The Kier molecular flexibility index (Phi) is 8.51. The van der Waals surface area contributed by atoms with Crippen LogP contribution >= 0.6 is 0 Å². The van der Waals surface area contributed by atoms with Gasteiger partial charge in [-0.3, -0.25) is 4.90 Å². The van der Waals surface area contributed by atoms with Crippen LogP contribution in [0.4, 0.5) is 38.3 Å². The van der Waals surface area contributed by atoms with Gasteiger partial charge >= 0.3 is 18.2 Å². The van der Waals surface area contributed by atoms with Crippen LogP contribution in [0.25, 0.3) is 10.9 Å². The summed E-state index contributed by atoms with van der Waals surface area (Å²) in [7, 11) is 0. The number of benzene rings is 2. The average molecular weight is 524 g/mol. The molecule has 198 valence electrons. The molecule has 1 fully saturated rings. The second-order valence-electron chi connectivity index (χ2n) is 8.63. The van der Waals surface area contributed by atoms with Crippen LogP contribution in [0.1, 0.15) is 31.2 Å². The van der Waals surface area contributed by atoms with Crippen LogP contribution in [0.5, 0.6) is 0 Å². The second kappa shape index (κ2) is 11.4. The number of primary amides is 1. The predicted molar refractivity (Wildman–Crippen MR) is 128 cm³/mol. The number of carbonyl (C=O) groups excluding carboxylic acids is 1. The number of aromatic nitrogens is 1. The van der Waals surface area contributed by atoms with Gasteiger partial charge in [0, 0.05) is 23.5 Å². The van der Waals surface area contributed by atoms with Crippen molar-refractivity contribution in [3.63, 3.8) is 0 Å². The number of nitrogens with one attached hydrogen (secondary N) is 1. The van der Waals surface area contributed by atoms with Crippen molar-refractivity contribution in [2.75, 3.05) is 10.2 Å². The standard InChI is InChI=1S/C23H24F2N4O.C2HF3O2/c1-14-10-22(28-21-5-3-2-4-20(14)21)27-17-6-8-18(9-7-17)29(23(26)30)19-12-15(24)11-16(25)13-19;3-2(4,5)1(6)7/h2-5,10-13,17-18H,6-9H2,1H3,(H2,26,30)(H,27,28);(H,6,7)/t17-,18+;. The Bertz CT molecular complexity index is 1260. The Morgan fingerprint density at radius 2 is 1.59 bits per heavy atom. The number of carboxylic acids is 1. The first-order chi connectivity index (χ1) is 17.3. The van der Waals surface area contributed by atoms with Crippen molar-refractivity contribution >= 4 is 34.4 Å². The lowest BCUT2D eigenvalue weighted by molar-refractivity contribution is -0.192. The zero-order valence-electron chi connectivity index (χ0n) is 19.7. The highest BCUT2D eigenvalue weighted by molar-refractivity contribution is 5.91. The third kappa shape index (κ3) is 7.28. The van der Waals surface area contributed by atoms with E-state index in [0.717, 1.165) is 53.3 Å². The molecule has 1 aliphatic carbocycles. The van der Waals surface area contributed by atoms with E-state index < -0.39 is 29.8 Å². The van der Waals surface area contributed by atoms with Gasteiger partial charge in [0.1, 0.15) is 17.5 Å². The highest BCUT2D eigenvalue weighted by Gasteiger charge is 2.38. The number of hydrogen-bond donors (Lipinski definition) is 3. The number of aryl methyl sites for hydroxylation is 1. The number of nitrogens with zero attached hydrogens (tertiary/aromatic N) is 2. The Morgan fingerprint density at radius 1 is 1.03 bits per heavy atom. The third-order valence-electron chi connectivity index (χ3n) is 5.94. The number of aliphatic carboxylic acids is 1. The maximum absolute atomic E-state index is 13.6. The fourth-order valence-corrected chi connectivity index (χ4v) is 4.31. The van der Waals surface area contributed by atoms with E-state index in [1.165, 1.54) is 4.90 Å². The Balaban J connectivity index is 0.000000479. The summed E-state index contributed by atoms with van der Waals surface area (Å²) < 4.78 is 59.0. The number of rotatable bonds is 4. The minimum Gasteiger partial charge on any atom is -0.475 e. The molecule has 37 heavy (non-hydrogen) atoms. The molecule has 2 amide bonds. The lowest BCUT2D eigenvalue weighted by Gasteiger charge is -2.36. The van der Waals surface area contributed by atoms with Crippen LogP contribution < -0.4 is 16.0 Å². The molecule has 7 nitrogen and oxygen atoms in total. The maximum Gasteiger partial charge on any atom is 0.490 e. The van der Waals surface area contributed by atoms with E-state index in [2.05, 4.69) is 18.3 Å². The molecule has 0 radical (unpaired) electrons. The number of urea groups is 1. The number of hydrogen-bond acceptors (Lipinski definition) is 4. The summed E-state index contributed by atoms with van der Waals surface area (Å²) in [5, 5.41) is 11.8. The van der Waals surface area contributed by atoms with E-state index in [4.69, 9.17) is 20.6 Å². The van der Waals surface area contributed by atoms with Crippen molar-refractivity contribution in [2.24, 2.45) is 5.73 Å². The van der Waals surface area contributed by atoms with E-state index in [-0.39, 0.29) is 17.8 Å². The molecule has 0 spiro atoms. The molecule has 1 aliphatic rings. The van der Waals surface area contributed by atoms with Crippen molar-refractivity contribution in [2.45, 2.75) is 50.9 Å². The number of para-hydroxylation sites is 1. The minimum absolute atomic E-state index is 0.156. The summed E-state index contributed by atoms with van der Waals surface area (Å²) in [4.78, 5) is 26.9. The third-order valence-corrected chi connectivity index (χ3v) is 5.94.